The number of rotatable bonds is 6. The van der Waals surface area contributed by atoms with E-state index in [0.717, 1.165) is 0 Å². The van der Waals surface area contributed by atoms with E-state index < -0.39 is 5.82 Å². The molecule has 0 aliphatic carbocycles. The molecule has 1 rings (SSSR count). The van der Waals surface area contributed by atoms with Crippen molar-refractivity contribution < 1.29 is 9.18 Å². The van der Waals surface area contributed by atoms with Crippen molar-refractivity contribution in [3.8, 4) is 0 Å². The van der Waals surface area contributed by atoms with Gasteiger partial charge < -0.3 is 4.90 Å². The lowest BCUT2D eigenvalue weighted by Gasteiger charge is -2.26. The van der Waals surface area contributed by atoms with E-state index in [1.54, 1.807) is 11.8 Å². The van der Waals surface area contributed by atoms with Gasteiger partial charge in [-0.1, -0.05) is 23.2 Å². The molecule has 1 amide bonds. The van der Waals surface area contributed by atoms with Gasteiger partial charge in [0.15, 0.2) is 0 Å². The average Bonchev–Trinajstić information content (AvgIpc) is 2.43. The molecule has 6 heteroatoms. The van der Waals surface area contributed by atoms with Crippen LogP contribution in [-0.4, -0.2) is 29.9 Å². The zero-order chi connectivity index (χ0) is 16.2. The SMILES string of the molecule is CCN(CC)C(=O)C(C)NC(C)c1cc(F)c(Cl)cc1Cl. The molecular weight excluding hydrogens is 314 g/mol. The molecule has 0 aliphatic rings. The summed E-state index contributed by atoms with van der Waals surface area (Å²) in [4.78, 5) is 14.0. The molecule has 0 saturated carbocycles. The van der Waals surface area contributed by atoms with Gasteiger partial charge >= 0.3 is 0 Å². The van der Waals surface area contributed by atoms with E-state index in [-0.39, 0.29) is 23.0 Å². The molecular formula is C15H21Cl2FN2O. The quantitative estimate of drug-likeness (QED) is 0.796. The van der Waals surface area contributed by atoms with E-state index >= 15 is 0 Å². The largest absolute Gasteiger partial charge is 0.342 e. The van der Waals surface area contributed by atoms with Crippen LogP contribution in [0.3, 0.4) is 0 Å². The number of halogens is 3. The molecule has 2 atom stereocenters. The number of likely N-dealkylation sites (N-methyl/N-ethyl adjacent to an activating group) is 1. The van der Waals surface area contributed by atoms with Crippen LogP contribution in [0.4, 0.5) is 4.39 Å². The summed E-state index contributed by atoms with van der Waals surface area (Å²) in [5.41, 5.74) is 0.581. The van der Waals surface area contributed by atoms with Crippen molar-refractivity contribution >= 4 is 29.1 Å². The number of nitrogens with one attached hydrogen (secondary N) is 1. The second kappa shape index (κ2) is 7.97. The van der Waals surface area contributed by atoms with Gasteiger partial charge in [-0.15, -0.1) is 0 Å². The van der Waals surface area contributed by atoms with Crippen LogP contribution in [-0.2, 0) is 4.79 Å². The van der Waals surface area contributed by atoms with Crippen molar-refractivity contribution in [2.24, 2.45) is 0 Å². The zero-order valence-electron chi connectivity index (χ0n) is 12.7. The third-order valence-electron chi connectivity index (χ3n) is 3.45. The lowest BCUT2D eigenvalue weighted by molar-refractivity contribution is -0.132. The first-order chi connectivity index (χ1) is 9.81. The number of nitrogens with zero attached hydrogens (tertiary/aromatic N) is 1. The Morgan fingerprint density at radius 2 is 1.81 bits per heavy atom. The molecule has 0 aromatic heterocycles. The van der Waals surface area contributed by atoms with Gasteiger partial charge in [-0.3, -0.25) is 10.1 Å². The van der Waals surface area contributed by atoms with E-state index in [4.69, 9.17) is 23.2 Å². The van der Waals surface area contributed by atoms with Crippen LogP contribution < -0.4 is 5.32 Å². The minimum Gasteiger partial charge on any atom is -0.342 e. The second-order valence-corrected chi connectivity index (χ2v) is 5.72. The maximum absolute atomic E-state index is 13.6. The van der Waals surface area contributed by atoms with Gasteiger partial charge in [0, 0.05) is 24.2 Å². The van der Waals surface area contributed by atoms with E-state index in [1.165, 1.54) is 12.1 Å². The Balaban J connectivity index is 2.83. The number of hydrogen-bond acceptors (Lipinski definition) is 2. The summed E-state index contributed by atoms with van der Waals surface area (Å²) < 4.78 is 13.6. The predicted octanol–water partition coefficient (Wildman–Crippen LogP) is 4.04. The summed E-state index contributed by atoms with van der Waals surface area (Å²) in [6.45, 7) is 8.81. The molecule has 1 aromatic carbocycles. The average molecular weight is 335 g/mol. The van der Waals surface area contributed by atoms with Gasteiger partial charge in [-0.05, 0) is 45.4 Å². The maximum atomic E-state index is 13.6. The van der Waals surface area contributed by atoms with Crippen molar-refractivity contribution in [2.75, 3.05) is 13.1 Å². The van der Waals surface area contributed by atoms with Crippen molar-refractivity contribution in [1.29, 1.82) is 0 Å². The first kappa shape index (κ1) is 18.2. The van der Waals surface area contributed by atoms with Crippen LogP contribution >= 0.6 is 23.2 Å². The van der Waals surface area contributed by atoms with Crippen LogP contribution in [0.25, 0.3) is 0 Å². The van der Waals surface area contributed by atoms with Crippen LogP contribution in [0.15, 0.2) is 12.1 Å². The third-order valence-corrected chi connectivity index (χ3v) is 4.07. The Bertz CT molecular complexity index is 507. The summed E-state index contributed by atoms with van der Waals surface area (Å²) in [6.07, 6.45) is 0. The molecule has 2 unspecified atom stereocenters. The van der Waals surface area contributed by atoms with Crippen LogP contribution in [0.1, 0.15) is 39.3 Å². The Morgan fingerprint density at radius 3 is 2.33 bits per heavy atom. The minimum absolute atomic E-state index is 0.0109. The van der Waals surface area contributed by atoms with Gasteiger partial charge in [0.2, 0.25) is 5.91 Å². The molecule has 0 heterocycles. The maximum Gasteiger partial charge on any atom is 0.239 e. The number of carbonyl (C=O) groups is 1. The smallest absolute Gasteiger partial charge is 0.239 e. The van der Waals surface area contributed by atoms with Crippen molar-refractivity contribution in [3.05, 3.63) is 33.6 Å². The molecule has 0 radical (unpaired) electrons. The van der Waals surface area contributed by atoms with Gasteiger partial charge in [-0.2, -0.15) is 0 Å². The van der Waals surface area contributed by atoms with Crippen LogP contribution in [0.2, 0.25) is 10.0 Å². The monoisotopic (exact) mass is 334 g/mol. The third kappa shape index (κ3) is 4.56. The van der Waals surface area contributed by atoms with Crippen LogP contribution in [0, 0.1) is 5.82 Å². The lowest BCUT2D eigenvalue weighted by Crippen LogP contribution is -2.45. The molecule has 0 spiro atoms. The Morgan fingerprint density at radius 1 is 1.24 bits per heavy atom. The van der Waals surface area contributed by atoms with E-state index in [1.807, 2.05) is 20.8 Å². The minimum atomic E-state index is -0.521. The van der Waals surface area contributed by atoms with Crippen LogP contribution in [0.5, 0.6) is 0 Å². The fourth-order valence-corrected chi connectivity index (χ4v) is 2.76. The normalized spacial score (nSPS) is 13.9. The molecule has 1 aromatic rings. The fraction of sp³-hybridized carbons (Fsp3) is 0.533. The topological polar surface area (TPSA) is 32.3 Å². The highest BCUT2D eigenvalue weighted by Gasteiger charge is 2.21. The second-order valence-electron chi connectivity index (χ2n) is 4.91. The number of amides is 1. The molecule has 118 valence electrons. The molecule has 21 heavy (non-hydrogen) atoms. The summed E-state index contributed by atoms with van der Waals surface area (Å²) >= 11 is 11.8. The first-order valence-corrected chi connectivity index (χ1v) is 7.76. The molecule has 0 fully saturated rings. The van der Waals surface area contributed by atoms with E-state index in [9.17, 15) is 9.18 Å². The standard InChI is InChI=1S/C15H21Cl2FN2O/c1-5-20(6-2)15(21)10(4)19-9(3)11-7-14(18)13(17)8-12(11)16/h7-10,19H,5-6H2,1-4H3. The fourth-order valence-electron chi connectivity index (χ4n) is 2.21. The van der Waals surface area contributed by atoms with Gasteiger partial charge in [0.05, 0.1) is 11.1 Å². The number of benzene rings is 1. The van der Waals surface area contributed by atoms with Gasteiger partial charge in [0.1, 0.15) is 5.82 Å². The Kier molecular flexibility index (Phi) is 6.91. The number of hydrogen-bond donors (Lipinski definition) is 1. The van der Waals surface area contributed by atoms with Crippen molar-refractivity contribution in [3.63, 3.8) is 0 Å². The van der Waals surface area contributed by atoms with Gasteiger partial charge in [0.25, 0.3) is 0 Å². The van der Waals surface area contributed by atoms with Crippen molar-refractivity contribution in [2.45, 2.75) is 39.8 Å². The summed E-state index contributed by atoms with van der Waals surface area (Å²) in [7, 11) is 0. The highest BCUT2D eigenvalue weighted by Crippen LogP contribution is 2.28. The van der Waals surface area contributed by atoms with Crippen molar-refractivity contribution in [1.82, 2.24) is 10.2 Å². The van der Waals surface area contributed by atoms with E-state index in [0.29, 0.717) is 23.7 Å². The Hall–Kier alpha value is -0.840. The highest BCUT2D eigenvalue weighted by molar-refractivity contribution is 6.35. The molecule has 1 N–H and O–H groups in total. The predicted molar refractivity (Wildman–Crippen MR) is 85.4 cm³/mol. The summed E-state index contributed by atoms with van der Waals surface area (Å²) in [5, 5.41) is 3.51. The lowest BCUT2D eigenvalue weighted by atomic mass is 10.1. The molecule has 3 nitrogen and oxygen atoms in total. The Labute approximate surface area is 135 Å². The van der Waals surface area contributed by atoms with Gasteiger partial charge in [-0.25, -0.2) is 4.39 Å². The molecule has 0 saturated heterocycles. The molecule has 0 bridgehead atoms. The van der Waals surface area contributed by atoms with E-state index in [2.05, 4.69) is 5.32 Å². The zero-order valence-corrected chi connectivity index (χ0v) is 14.2. The summed E-state index contributed by atoms with van der Waals surface area (Å²) in [5.74, 6) is -0.509. The summed E-state index contributed by atoms with van der Waals surface area (Å²) in [6, 6.07) is 2.04. The molecule has 0 aliphatic heterocycles. The number of carbonyl (C=O) groups excluding carboxylic acids is 1. The first-order valence-electron chi connectivity index (χ1n) is 7.01. The highest BCUT2D eigenvalue weighted by atomic mass is 35.5.